The third kappa shape index (κ3) is 2.78. The van der Waals surface area contributed by atoms with Crippen LogP contribution in [0.3, 0.4) is 0 Å². The molecule has 0 aliphatic heterocycles. The van der Waals surface area contributed by atoms with Crippen molar-refractivity contribution in [1.82, 2.24) is 9.97 Å². The molecule has 110 valence electrons. The molecule has 1 aliphatic carbocycles. The molecule has 0 spiro atoms. The molecule has 0 amide bonds. The number of anilines is 1. The summed E-state index contributed by atoms with van der Waals surface area (Å²) in [5, 5.41) is 3.23. The molecule has 3 heteroatoms. The maximum atomic E-state index is 4.92. The second-order valence-corrected chi connectivity index (χ2v) is 6.14. The smallest absolute Gasteiger partial charge is 0.134 e. The van der Waals surface area contributed by atoms with Crippen LogP contribution in [0.25, 0.3) is 11.3 Å². The first kappa shape index (κ1) is 14.1. The quantitative estimate of drug-likeness (QED) is 0.906. The zero-order valence-electron chi connectivity index (χ0n) is 13.1. The highest BCUT2D eigenvalue weighted by atomic mass is 15.0. The molecule has 2 aromatic rings. The Hall–Kier alpha value is -1.90. The van der Waals surface area contributed by atoms with Gasteiger partial charge in [0.05, 0.1) is 5.69 Å². The van der Waals surface area contributed by atoms with Crippen molar-refractivity contribution in [3.05, 3.63) is 41.7 Å². The average Bonchev–Trinajstić information content (AvgIpc) is 2.95. The maximum absolute atomic E-state index is 4.92. The van der Waals surface area contributed by atoms with Crippen LogP contribution in [0.1, 0.15) is 43.5 Å². The van der Waals surface area contributed by atoms with Gasteiger partial charge in [-0.15, -0.1) is 0 Å². The van der Waals surface area contributed by atoms with Crippen LogP contribution in [0, 0.1) is 12.8 Å². The highest BCUT2D eigenvalue weighted by Crippen LogP contribution is 2.38. The third-order valence-electron chi connectivity index (χ3n) is 4.51. The van der Waals surface area contributed by atoms with Crippen molar-refractivity contribution in [3.8, 4) is 11.3 Å². The van der Waals surface area contributed by atoms with Crippen LogP contribution in [0.4, 0.5) is 5.82 Å². The van der Waals surface area contributed by atoms with E-state index in [9.17, 15) is 0 Å². The van der Waals surface area contributed by atoms with Crippen LogP contribution in [-0.4, -0.2) is 17.0 Å². The normalized spacial score (nSPS) is 21.5. The topological polar surface area (TPSA) is 37.8 Å². The van der Waals surface area contributed by atoms with E-state index >= 15 is 0 Å². The van der Waals surface area contributed by atoms with Crippen molar-refractivity contribution in [3.63, 3.8) is 0 Å². The highest BCUT2D eigenvalue weighted by Gasteiger charge is 2.26. The second kappa shape index (κ2) is 5.84. The molecule has 2 atom stereocenters. The van der Waals surface area contributed by atoms with Crippen LogP contribution >= 0.6 is 0 Å². The summed E-state index contributed by atoms with van der Waals surface area (Å²) >= 11 is 0. The van der Waals surface area contributed by atoms with Gasteiger partial charge in [0.25, 0.3) is 0 Å². The molecule has 21 heavy (non-hydrogen) atoms. The Morgan fingerprint density at radius 3 is 2.48 bits per heavy atom. The lowest BCUT2D eigenvalue weighted by Gasteiger charge is -2.15. The maximum Gasteiger partial charge on any atom is 0.134 e. The Balaban J connectivity index is 2.07. The summed E-state index contributed by atoms with van der Waals surface area (Å²) in [6.07, 6.45) is 3.71. The molecule has 3 rings (SSSR count). The summed E-state index contributed by atoms with van der Waals surface area (Å²) in [6, 6.07) is 10.4. The van der Waals surface area contributed by atoms with Crippen LogP contribution in [0.15, 0.2) is 30.3 Å². The van der Waals surface area contributed by atoms with E-state index in [1.165, 1.54) is 24.8 Å². The largest absolute Gasteiger partial charge is 0.373 e. The minimum absolute atomic E-state index is 0.509. The van der Waals surface area contributed by atoms with Crippen molar-refractivity contribution < 1.29 is 0 Å². The van der Waals surface area contributed by atoms with Gasteiger partial charge in [-0.1, -0.05) is 37.3 Å². The van der Waals surface area contributed by atoms with Crippen molar-refractivity contribution in [1.29, 1.82) is 0 Å². The van der Waals surface area contributed by atoms with Gasteiger partial charge in [-0.2, -0.15) is 0 Å². The zero-order valence-corrected chi connectivity index (χ0v) is 13.1. The lowest BCUT2D eigenvalue weighted by atomic mass is 10.0. The molecule has 1 heterocycles. The number of aromatic nitrogens is 2. The van der Waals surface area contributed by atoms with Gasteiger partial charge in [0.2, 0.25) is 0 Å². The van der Waals surface area contributed by atoms with E-state index in [0.717, 1.165) is 28.8 Å². The molecule has 0 bridgehead atoms. The van der Waals surface area contributed by atoms with Gasteiger partial charge in [0.15, 0.2) is 0 Å². The van der Waals surface area contributed by atoms with Crippen molar-refractivity contribution >= 4 is 5.82 Å². The van der Waals surface area contributed by atoms with Crippen LogP contribution < -0.4 is 5.32 Å². The van der Waals surface area contributed by atoms with Crippen molar-refractivity contribution in [2.75, 3.05) is 12.4 Å². The number of nitrogens with one attached hydrogen (secondary N) is 1. The van der Waals surface area contributed by atoms with E-state index in [-0.39, 0.29) is 0 Å². The number of rotatable bonds is 3. The standard InChI is InChI=1S/C18H23N3/c1-12-9-10-15(11-12)18-20-16(13(2)17(19-3)21-18)14-7-5-4-6-8-14/h4-8,12,15H,9-11H2,1-3H3,(H,19,20,21). The molecule has 1 N–H and O–H groups in total. The van der Waals surface area contributed by atoms with Gasteiger partial charge in [0, 0.05) is 24.1 Å². The van der Waals surface area contributed by atoms with Gasteiger partial charge in [-0.3, -0.25) is 0 Å². The predicted molar refractivity (Wildman–Crippen MR) is 87.5 cm³/mol. The lowest BCUT2D eigenvalue weighted by molar-refractivity contribution is 0.585. The van der Waals surface area contributed by atoms with Crippen LogP contribution in [-0.2, 0) is 0 Å². The molecule has 0 saturated heterocycles. The minimum Gasteiger partial charge on any atom is -0.373 e. The first-order valence-corrected chi connectivity index (χ1v) is 7.80. The zero-order chi connectivity index (χ0) is 14.8. The summed E-state index contributed by atoms with van der Waals surface area (Å²) < 4.78 is 0. The molecule has 3 nitrogen and oxygen atoms in total. The minimum atomic E-state index is 0.509. The van der Waals surface area contributed by atoms with Gasteiger partial charge in [-0.25, -0.2) is 9.97 Å². The van der Waals surface area contributed by atoms with Crippen LogP contribution in [0.5, 0.6) is 0 Å². The Morgan fingerprint density at radius 1 is 1.10 bits per heavy atom. The molecule has 1 aliphatic rings. The number of hydrogen-bond acceptors (Lipinski definition) is 3. The fraction of sp³-hybridized carbons (Fsp3) is 0.444. The van der Waals surface area contributed by atoms with Crippen LogP contribution in [0.2, 0.25) is 0 Å². The Labute approximate surface area is 126 Å². The van der Waals surface area contributed by atoms with E-state index in [1.807, 2.05) is 13.1 Å². The molecule has 0 radical (unpaired) electrons. The average molecular weight is 281 g/mol. The molecule has 1 saturated carbocycles. The molecule has 2 unspecified atom stereocenters. The van der Waals surface area contributed by atoms with Gasteiger partial charge in [0.1, 0.15) is 11.6 Å². The first-order chi connectivity index (χ1) is 10.2. The lowest BCUT2D eigenvalue weighted by Crippen LogP contribution is -2.08. The summed E-state index contributed by atoms with van der Waals surface area (Å²) in [4.78, 5) is 9.69. The van der Waals surface area contributed by atoms with E-state index in [1.54, 1.807) is 0 Å². The fourth-order valence-corrected chi connectivity index (χ4v) is 3.28. The summed E-state index contributed by atoms with van der Waals surface area (Å²) in [5.41, 5.74) is 3.35. The van der Waals surface area contributed by atoms with Crippen molar-refractivity contribution in [2.24, 2.45) is 5.92 Å². The summed E-state index contributed by atoms with van der Waals surface area (Å²) in [5.74, 6) is 3.26. The Kier molecular flexibility index (Phi) is 3.91. The number of benzene rings is 1. The van der Waals surface area contributed by atoms with E-state index < -0.39 is 0 Å². The number of hydrogen-bond donors (Lipinski definition) is 1. The molecule has 1 fully saturated rings. The third-order valence-corrected chi connectivity index (χ3v) is 4.51. The molecular weight excluding hydrogens is 258 g/mol. The summed E-state index contributed by atoms with van der Waals surface area (Å²) in [7, 11) is 1.94. The highest BCUT2D eigenvalue weighted by molar-refractivity contribution is 5.68. The predicted octanol–water partition coefficient (Wildman–Crippen LogP) is 4.40. The second-order valence-electron chi connectivity index (χ2n) is 6.14. The van der Waals surface area contributed by atoms with E-state index in [0.29, 0.717) is 5.92 Å². The Bertz CT molecular complexity index is 622. The first-order valence-electron chi connectivity index (χ1n) is 7.80. The fourth-order valence-electron chi connectivity index (χ4n) is 3.28. The summed E-state index contributed by atoms with van der Waals surface area (Å²) in [6.45, 7) is 4.42. The molecular formula is C18H23N3. The van der Waals surface area contributed by atoms with Gasteiger partial charge >= 0.3 is 0 Å². The van der Waals surface area contributed by atoms with Crippen molar-refractivity contribution in [2.45, 2.75) is 39.0 Å². The molecule has 1 aromatic carbocycles. The Morgan fingerprint density at radius 2 is 1.86 bits per heavy atom. The van der Waals surface area contributed by atoms with E-state index in [4.69, 9.17) is 9.97 Å². The van der Waals surface area contributed by atoms with Gasteiger partial charge in [-0.05, 0) is 32.1 Å². The monoisotopic (exact) mass is 281 g/mol. The van der Waals surface area contributed by atoms with Gasteiger partial charge < -0.3 is 5.32 Å². The SMILES string of the molecule is CNc1nc(C2CCC(C)C2)nc(-c2ccccc2)c1C. The number of nitrogens with zero attached hydrogens (tertiary/aromatic N) is 2. The van der Waals surface area contributed by atoms with E-state index in [2.05, 4.69) is 43.4 Å². The molecule has 1 aromatic heterocycles.